The zero-order chi connectivity index (χ0) is 16.2. The van der Waals surface area contributed by atoms with Crippen LogP contribution in [0.5, 0.6) is 0 Å². The summed E-state index contributed by atoms with van der Waals surface area (Å²) >= 11 is 6.08. The minimum absolute atomic E-state index is 0.538. The zero-order valence-electron chi connectivity index (χ0n) is 14.1. The summed E-state index contributed by atoms with van der Waals surface area (Å²) in [5.41, 5.74) is 2.13. The maximum absolute atomic E-state index is 6.08. The van der Waals surface area contributed by atoms with Crippen molar-refractivity contribution in [2.24, 2.45) is 0 Å². The predicted molar refractivity (Wildman–Crippen MR) is 99.3 cm³/mol. The summed E-state index contributed by atoms with van der Waals surface area (Å²) in [5.74, 6) is 0. The Kier molecular flexibility index (Phi) is 5.39. The Morgan fingerprint density at radius 2 is 2.04 bits per heavy atom. The normalized spacial score (nSPS) is 21.7. The minimum Gasteiger partial charge on any atom is -0.382 e. The highest BCUT2D eigenvalue weighted by atomic mass is 35.5. The average molecular weight is 332 g/mol. The highest BCUT2D eigenvalue weighted by Gasteiger charge is 2.25. The summed E-state index contributed by atoms with van der Waals surface area (Å²) < 4.78 is 0. The monoisotopic (exact) mass is 331 g/mol. The van der Waals surface area contributed by atoms with E-state index in [1.165, 1.54) is 31.4 Å². The molecule has 0 amide bonds. The molecule has 2 atom stereocenters. The summed E-state index contributed by atoms with van der Waals surface area (Å²) in [4.78, 5) is 7.03. The van der Waals surface area contributed by atoms with Crippen LogP contribution in [0.2, 0.25) is 5.02 Å². The maximum atomic E-state index is 6.08. The lowest BCUT2D eigenvalue weighted by atomic mass is 9.89. The Morgan fingerprint density at radius 1 is 1.22 bits per heavy atom. The summed E-state index contributed by atoms with van der Waals surface area (Å²) in [6.45, 7) is 6.82. The lowest BCUT2D eigenvalue weighted by Gasteiger charge is -2.37. The molecule has 1 N–H and O–H groups in total. The van der Waals surface area contributed by atoms with E-state index in [9.17, 15) is 0 Å². The lowest BCUT2D eigenvalue weighted by Crippen LogP contribution is -2.42. The molecular weight excluding hydrogens is 306 g/mol. The van der Waals surface area contributed by atoms with Crippen molar-refractivity contribution in [3.8, 4) is 0 Å². The number of anilines is 1. The van der Waals surface area contributed by atoms with Crippen molar-refractivity contribution in [1.82, 2.24) is 9.88 Å². The smallest absolute Gasteiger partial charge is 0.0737 e. The highest BCUT2D eigenvalue weighted by Crippen LogP contribution is 2.29. The molecule has 2 unspecified atom stereocenters. The maximum Gasteiger partial charge on any atom is 0.0737 e. The van der Waals surface area contributed by atoms with Crippen LogP contribution in [0.15, 0.2) is 30.5 Å². The number of halogens is 1. The van der Waals surface area contributed by atoms with Crippen LogP contribution in [0.3, 0.4) is 0 Å². The van der Waals surface area contributed by atoms with Gasteiger partial charge in [-0.25, -0.2) is 0 Å². The Bertz CT molecular complexity index is 654. The minimum atomic E-state index is 0.538. The van der Waals surface area contributed by atoms with Gasteiger partial charge >= 0.3 is 0 Å². The van der Waals surface area contributed by atoms with Crippen molar-refractivity contribution in [1.29, 1.82) is 0 Å². The molecule has 0 bridgehead atoms. The third-order valence-electron chi connectivity index (χ3n) is 5.04. The fourth-order valence-electron chi connectivity index (χ4n) is 3.83. The quantitative estimate of drug-likeness (QED) is 0.839. The summed E-state index contributed by atoms with van der Waals surface area (Å²) in [7, 11) is 0. The number of hydrogen-bond acceptors (Lipinski definition) is 3. The standard InChI is InChI=1S/C19H26ClN3/c1-3-23(4-2)16-7-5-6-15(13-16)22-18-10-11-21-19-12-14(20)8-9-17(18)19/h8-12,15-16H,3-7,13H2,1-2H3,(H,21,22). The van der Waals surface area contributed by atoms with E-state index < -0.39 is 0 Å². The summed E-state index contributed by atoms with van der Waals surface area (Å²) in [5, 5.41) is 5.66. The first-order valence-electron chi connectivity index (χ1n) is 8.76. The van der Waals surface area contributed by atoms with Crippen molar-refractivity contribution in [2.45, 2.75) is 51.6 Å². The fourth-order valence-corrected chi connectivity index (χ4v) is 4.00. The molecule has 1 fully saturated rings. The van der Waals surface area contributed by atoms with Gasteiger partial charge in [-0.2, -0.15) is 0 Å². The molecule has 1 heterocycles. The van der Waals surface area contributed by atoms with Crippen molar-refractivity contribution >= 4 is 28.2 Å². The number of rotatable bonds is 5. The van der Waals surface area contributed by atoms with E-state index in [4.69, 9.17) is 11.6 Å². The van der Waals surface area contributed by atoms with Crippen LogP contribution in [-0.2, 0) is 0 Å². The highest BCUT2D eigenvalue weighted by molar-refractivity contribution is 6.31. The van der Waals surface area contributed by atoms with Crippen molar-refractivity contribution in [3.05, 3.63) is 35.5 Å². The van der Waals surface area contributed by atoms with Gasteiger partial charge in [-0.1, -0.05) is 25.4 Å². The predicted octanol–water partition coefficient (Wildman–Crippen LogP) is 4.95. The first-order chi connectivity index (χ1) is 11.2. The van der Waals surface area contributed by atoms with Gasteiger partial charge in [-0.15, -0.1) is 0 Å². The van der Waals surface area contributed by atoms with Gasteiger partial charge in [0.1, 0.15) is 0 Å². The number of benzene rings is 1. The van der Waals surface area contributed by atoms with Gasteiger partial charge in [-0.05, 0) is 63.0 Å². The molecule has 1 aliphatic rings. The van der Waals surface area contributed by atoms with E-state index in [2.05, 4.69) is 41.2 Å². The number of pyridine rings is 1. The molecule has 1 aliphatic carbocycles. The second-order valence-electron chi connectivity index (χ2n) is 6.40. The van der Waals surface area contributed by atoms with Gasteiger partial charge in [-0.3, -0.25) is 4.98 Å². The Hall–Kier alpha value is -1.32. The van der Waals surface area contributed by atoms with Crippen LogP contribution in [0.25, 0.3) is 10.9 Å². The Balaban J connectivity index is 1.76. The first-order valence-corrected chi connectivity index (χ1v) is 9.14. The topological polar surface area (TPSA) is 28.2 Å². The molecular formula is C19H26ClN3. The van der Waals surface area contributed by atoms with E-state index in [1.807, 2.05) is 18.3 Å². The van der Waals surface area contributed by atoms with Gasteiger partial charge in [0.25, 0.3) is 0 Å². The van der Waals surface area contributed by atoms with E-state index in [1.54, 1.807) is 0 Å². The van der Waals surface area contributed by atoms with Gasteiger partial charge in [0.2, 0.25) is 0 Å². The van der Waals surface area contributed by atoms with Gasteiger partial charge in [0.15, 0.2) is 0 Å². The van der Waals surface area contributed by atoms with Crippen LogP contribution in [0.4, 0.5) is 5.69 Å². The second kappa shape index (κ2) is 7.50. The van der Waals surface area contributed by atoms with Gasteiger partial charge < -0.3 is 10.2 Å². The number of aromatic nitrogens is 1. The molecule has 23 heavy (non-hydrogen) atoms. The average Bonchev–Trinajstić information content (AvgIpc) is 2.56. The molecule has 4 heteroatoms. The molecule has 1 aromatic carbocycles. The SMILES string of the molecule is CCN(CC)C1CCCC(Nc2ccnc3cc(Cl)ccc23)C1. The fraction of sp³-hybridized carbons (Fsp3) is 0.526. The second-order valence-corrected chi connectivity index (χ2v) is 6.84. The summed E-state index contributed by atoms with van der Waals surface area (Å²) in [6, 6.07) is 9.27. The van der Waals surface area contributed by atoms with Crippen LogP contribution >= 0.6 is 11.6 Å². The van der Waals surface area contributed by atoms with E-state index >= 15 is 0 Å². The third-order valence-corrected chi connectivity index (χ3v) is 5.27. The number of nitrogens with one attached hydrogen (secondary N) is 1. The number of fused-ring (bicyclic) bond motifs is 1. The number of nitrogens with zero attached hydrogens (tertiary/aromatic N) is 2. The molecule has 0 radical (unpaired) electrons. The summed E-state index contributed by atoms with van der Waals surface area (Å²) in [6.07, 6.45) is 6.96. The lowest BCUT2D eigenvalue weighted by molar-refractivity contribution is 0.166. The first kappa shape index (κ1) is 16.5. The molecule has 2 aromatic rings. The van der Waals surface area contributed by atoms with E-state index in [0.29, 0.717) is 12.1 Å². The largest absolute Gasteiger partial charge is 0.382 e. The Labute approximate surface area is 144 Å². The van der Waals surface area contributed by atoms with Crippen LogP contribution in [-0.4, -0.2) is 35.1 Å². The number of hydrogen-bond donors (Lipinski definition) is 1. The third kappa shape index (κ3) is 3.78. The molecule has 124 valence electrons. The van der Waals surface area contributed by atoms with Crippen molar-refractivity contribution in [3.63, 3.8) is 0 Å². The molecule has 1 saturated carbocycles. The van der Waals surface area contributed by atoms with Gasteiger partial charge in [0.05, 0.1) is 5.52 Å². The van der Waals surface area contributed by atoms with E-state index in [-0.39, 0.29) is 0 Å². The van der Waals surface area contributed by atoms with Gasteiger partial charge in [0, 0.05) is 34.4 Å². The molecule has 0 saturated heterocycles. The van der Waals surface area contributed by atoms with Crippen LogP contribution in [0.1, 0.15) is 39.5 Å². The molecule has 3 nitrogen and oxygen atoms in total. The van der Waals surface area contributed by atoms with Crippen molar-refractivity contribution < 1.29 is 0 Å². The van der Waals surface area contributed by atoms with Crippen molar-refractivity contribution in [2.75, 3.05) is 18.4 Å². The zero-order valence-corrected chi connectivity index (χ0v) is 14.8. The van der Waals surface area contributed by atoms with Crippen LogP contribution < -0.4 is 5.32 Å². The Morgan fingerprint density at radius 3 is 2.83 bits per heavy atom. The molecule has 0 spiro atoms. The molecule has 3 rings (SSSR count). The van der Waals surface area contributed by atoms with Crippen LogP contribution in [0, 0.1) is 0 Å². The molecule has 1 aromatic heterocycles. The van der Waals surface area contributed by atoms with E-state index in [0.717, 1.165) is 29.0 Å². The molecule has 0 aliphatic heterocycles.